The van der Waals surface area contributed by atoms with Gasteiger partial charge in [-0.2, -0.15) is 10.1 Å². The summed E-state index contributed by atoms with van der Waals surface area (Å²) < 4.78 is 27.6. The Morgan fingerprint density at radius 1 is 1.28 bits per heavy atom. The fourth-order valence-electron chi connectivity index (χ4n) is 3.37. The predicted octanol–water partition coefficient (Wildman–Crippen LogP) is 2.96. The first-order valence-corrected chi connectivity index (χ1v) is 9.07. The molecule has 3 N–H and O–H groups in total. The number of H-pyrrole nitrogens is 1. The normalized spacial score (nSPS) is 19.2. The molecule has 0 radical (unpaired) electrons. The second-order valence-corrected chi connectivity index (χ2v) is 6.67. The Morgan fingerprint density at radius 3 is 2.93 bits per heavy atom. The van der Waals surface area contributed by atoms with Crippen LogP contribution in [0.1, 0.15) is 30.6 Å². The first-order valence-electron chi connectivity index (χ1n) is 9.07. The van der Waals surface area contributed by atoms with Crippen LogP contribution in [0.4, 0.5) is 26.5 Å². The molecule has 3 aromatic rings. The van der Waals surface area contributed by atoms with Gasteiger partial charge in [0.05, 0.1) is 17.8 Å². The van der Waals surface area contributed by atoms with E-state index in [0.717, 1.165) is 11.8 Å². The SMILES string of the molecule is C/C=C/c1cc(Nc2ncnc(N3CC(O)CC3c3ccc(F)cc3F)n2)n[nH]1. The molecule has 4 rings (SSSR count). The molecule has 2 atom stereocenters. The minimum Gasteiger partial charge on any atom is -0.391 e. The van der Waals surface area contributed by atoms with E-state index in [1.54, 1.807) is 11.0 Å². The van der Waals surface area contributed by atoms with Crippen molar-refractivity contribution < 1.29 is 13.9 Å². The zero-order chi connectivity index (χ0) is 20.4. The van der Waals surface area contributed by atoms with Gasteiger partial charge < -0.3 is 15.3 Å². The van der Waals surface area contributed by atoms with E-state index in [2.05, 4.69) is 30.5 Å². The molecule has 1 fully saturated rings. The summed E-state index contributed by atoms with van der Waals surface area (Å²) in [5, 5.41) is 20.1. The Kier molecular flexibility index (Phi) is 5.17. The number of aromatic nitrogens is 5. The van der Waals surface area contributed by atoms with Gasteiger partial charge in [0.15, 0.2) is 5.82 Å². The van der Waals surface area contributed by atoms with Crippen molar-refractivity contribution in [2.75, 3.05) is 16.8 Å². The van der Waals surface area contributed by atoms with E-state index in [9.17, 15) is 13.9 Å². The molecular weight excluding hydrogens is 380 g/mol. The zero-order valence-corrected chi connectivity index (χ0v) is 15.5. The van der Waals surface area contributed by atoms with Crippen molar-refractivity contribution in [3.05, 3.63) is 59.6 Å². The van der Waals surface area contributed by atoms with E-state index in [4.69, 9.17) is 0 Å². The Balaban J connectivity index is 1.60. The van der Waals surface area contributed by atoms with Crippen molar-refractivity contribution in [2.24, 2.45) is 0 Å². The van der Waals surface area contributed by atoms with Crippen LogP contribution < -0.4 is 10.2 Å². The fraction of sp³-hybridized carbons (Fsp3) is 0.263. The maximum absolute atomic E-state index is 14.3. The van der Waals surface area contributed by atoms with Gasteiger partial charge in [0, 0.05) is 24.2 Å². The molecule has 2 unspecified atom stereocenters. The molecule has 1 aliphatic rings. The first kappa shape index (κ1) is 18.9. The highest BCUT2D eigenvalue weighted by Crippen LogP contribution is 2.36. The lowest BCUT2D eigenvalue weighted by atomic mass is 10.0. The molecule has 3 heterocycles. The van der Waals surface area contributed by atoms with Crippen molar-refractivity contribution >= 4 is 23.8 Å². The number of nitrogens with zero attached hydrogens (tertiary/aromatic N) is 5. The number of halogens is 2. The average molecular weight is 399 g/mol. The summed E-state index contributed by atoms with van der Waals surface area (Å²) in [6.07, 6.45) is 4.67. The average Bonchev–Trinajstić information content (AvgIpc) is 3.29. The summed E-state index contributed by atoms with van der Waals surface area (Å²) in [6, 6.07) is 4.68. The molecule has 29 heavy (non-hydrogen) atoms. The van der Waals surface area contributed by atoms with Crippen molar-refractivity contribution in [1.82, 2.24) is 25.1 Å². The highest BCUT2D eigenvalue weighted by atomic mass is 19.1. The molecule has 0 spiro atoms. The highest BCUT2D eigenvalue weighted by molar-refractivity contribution is 5.55. The van der Waals surface area contributed by atoms with Crippen molar-refractivity contribution in [1.29, 1.82) is 0 Å². The molecular formula is C19H19F2N7O. The van der Waals surface area contributed by atoms with Crippen LogP contribution in [-0.4, -0.2) is 42.9 Å². The van der Waals surface area contributed by atoms with Gasteiger partial charge in [0.25, 0.3) is 0 Å². The summed E-state index contributed by atoms with van der Waals surface area (Å²) in [6.45, 7) is 2.12. The number of aliphatic hydroxyl groups excluding tert-OH is 1. The van der Waals surface area contributed by atoms with E-state index >= 15 is 0 Å². The molecule has 1 aromatic carbocycles. The maximum atomic E-state index is 14.3. The monoisotopic (exact) mass is 399 g/mol. The summed E-state index contributed by atoms with van der Waals surface area (Å²) in [7, 11) is 0. The lowest BCUT2D eigenvalue weighted by Gasteiger charge is -2.25. The van der Waals surface area contributed by atoms with Crippen LogP contribution in [-0.2, 0) is 0 Å². The van der Waals surface area contributed by atoms with Crippen LogP contribution in [0.15, 0.2) is 36.7 Å². The number of aromatic amines is 1. The number of hydrogen-bond donors (Lipinski definition) is 3. The first-order chi connectivity index (χ1) is 14.0. The molecule has 0 amide bonds. The van der Waals surface area contributed by atoms with Crippen LogP contribution in [0.2, 0.25) is 0 Å². The van der Waals surface area contributed by atoms with Gasteiger partial charge in [0.2, 0.25) is 11.9 Å². The number of allylic oxidation sites excluding steroid dienone is 1. The Morgan fingerprint density at radius 2 is 2.14 bits per heavy atom. The van der Waals surface area contributed by atoms with Gasteiger partial charge in [-0.1, -0.05) is 12.1 Å². The van der Waals surface area contributed by atoms with Gasteiger partial charge in [-0.15, -0.1) is 0 Å². The van der Waals surface area contributed by atoms with Gasteiger partial charge in [-0.25, -0.2) is 18.7 Å². The van der Waals surface area contributed by atoms with Crippen LogP contribution in [0.3, 0.4) is 0 Å². The quantitative estimate of drug-likeness (QED) is 0.606. The predicted molar refractivity (Wildman–Crippen MR) is 103 cm³/mol. The minimum atomic E-state index is -0.688. The van der Waals surface area contributed by atoms with Crippen molar-refractivity contribution in [2.45, 2.75) is 25.5 Å². The summed E-state index contributed by atoms with van der Waals surface area (Å²) in [5.74, 6) is -0.267. The number of rotatable bonds is 5. The van der Waals surface area contributed by atoms with Crippen molar-refractivity contribution in [3.8, 4) is 0 Å². The Labute approximate surface area is 165 Å². The number of β-amino-alcohol motifs (C(OH)–C–C–N with tert-alkyl or cyclic N) is 1. The molecule has 1 saturated heterocycles. The summed E-state index contributed by atoms with van der Waals surface area (Å²) in [4.78, 5) is 14.3. The molecule has 0 aliphatic carbocycles. The van der Waals surface area contributed by atoms with Crippen LogP contribution >= 0.6 is 0 Å². The standard InChI is InChI=1S/C19H19F2N7O/c1-2-3-12-7-17(27-26-12)24-18-22-10-23-19(25-18)28-9-13(29)8-16(28)14-5-4-11(20)6-15(14)21/h2-7,10,13,16,29H,8-9H2,1H3,(H2,22,23,24,25,26,27)/b3-2+. The molecule has 0 saturated carbocycles. The summed E-state index contributed by atoms with van der Waals surface area (Å²) in [5.41, 5.74) is 1.10. The van der Waals surface area contributed by atoms with Gasteiger partial charge >= 0.3 is 0 Å². The van der Waals surface area contributed by atoms with E-state index in [-0.39, 0.29) is 30.4 Å². The smallest absolute Gasteiger partial charge is 0.233 e. The number of hydrogen-bond acceptors (Lipinski definition) is 7. The minimum absolute atomic E-state index is 0.221. The van der Waals surface area contributed by atoms with E-state index in [0.29, 0.717) is 5.82 Å². The molecule has 0 bridgehead atoms. The largest absolute Gasteiger partial charge is 0.391 e. The molecule has 150 valence electrons. The van der Waals surface area contributed by atoms with E-state index in [1.807, 2.05) is 19.1 Å². The Hall–Kier alpha value is -3.40. The van der Waals surface area contributed by atoms with Gasteiger partial charge in [-0.3, -0.25) is 5.10 Å². The number of aliphatic hydroxyl groups is 1. The van der Waals surface area contributed by atoms with Crippen LogP contribution in [0.5, 0.6) is 0 Å². The van der Waals surface area contributed by atoms with Gasteiger partial charge in [0.1, 0.15) is 18.0 Å². The second kappa shape index (κ2) is 7.92. The zero-order valence-electron chi connectivity index (χ0n) is 15.5. The van der Waals surface area contributed by atoms with Crippen LogP contribution in [0, 0.1) is 11.6 Å². The molecule has 2 aromatic heterocycles. The number of nitrogens with one attached hydrogen (secondary N) is 2. The molecule has 10 heteroatoms. The van der Waals surface area contributed by atoms with Crippen LogP contribution in [0.25, 0.3) is 6.08 Å². The third kappa shape index (κ3) is 4.06. The summed E-state index contributed by atoms with van der Waals surface area (Å²) >= 11 is 0. The van der Waals surface area contributed by atoms with E-state index < -0.39 is 23.8 Å². The van der Waals surface area contributed by atoms with Crippen molar-refractivity contribution in [3.63, 3.8) is 0 Å². The maximum Gasteiger partial charge on any atom is 0.233 e. The second-order valence-electron chi connectivity index (χ2n) is 6.67. The fourth-order valence-corrected chi connectivity index (χ4v) is 3.37. The Bertz CT molecular complexity index is 1040. The third-order valence-corrected chi connectivity index (χ3v) is 4.60. The van der Waals surface area contributed by atoms with E-state index in [1.165, 1.54) is 18.5 Å². The number of benzene rings is 1. The lowest BCUT2D eigenvalue weighted by Crippen LogP contribution is -2.27. The number of anilines is 3. The van der Waals surface area contributed by atoms with Gasteiger partial charge in [-0.05, 0) is 25.5 Å². The lowest BCUT2D eigenvalue weighted by molar-refractivity contribution is 0.194. The molecule has 1 aliphatic heterocycles. The topological polar surface area (TPSA) is 103 Å². The highest BCUT2D eigenvalue weighted by Gasteiger charge is 2.35. The molecule has 8 nitrogen and oxygen atoms in total. The third-order valence-electron chi connectivity index (χ3n) is 4.60.